The van der Waals surface area contributed by atoms with Crippen molar-refractivity contribution in [2.24, 2.45) is 5.73 Å². The van der Waals surface area contributed by atoms with Crippen LogP contribution in [-0.4, -0.2) is 46.4 Å². The maximum atomic E-state index is 14.2. The van der Waals surface area contributed by atoms with Crippen molar-refractivity contribution in [2.45, 2.75) is 91.0 Å². The molecule has 216 valence electrons. The number of carbonyl (C=O) groups excluding carboxylic acids is 4. The Bertz CT molecular complexity index is 1270. The average molecular weight is 571 g/mol. The number of benzene rings is 2. The topological polar surface area (TPSA) is 131 Å². The zero-order valence-electron chi connectivity index (χ0n) is 24.0. The van der Waals surface area contributed by atoms with Gasteiger partial charge in [-0.15, -0.1) is 0 Å². The highest BCUT2D eigenvalue weighted by atomic mass is 35.5. The third-order valence-electron chi connectivity index (χ3n) is 6.83. The molecule has 0 spiro atoms. The van der Waals surface area contributed by atoms with E-state index >= 15 is 0 Å². The first-order chi connectivity index (χ1) is 18.7. The minimum absolute atomic E-state index is 0.285. The molecule has 4 N–H and O–H groups in total. The smallest absolute Gasteiger partial charge is 0.408 e. The van der Waals surface area contributed by atoms with E-state index in [1.165, 1.54) is 4.90 Å². The molecule has 0 saturated heterocycles. The second kappa shape index (κ2) is 12.7. The van der Waals surface area contributed by atoms with Gasteiger partial charge in [0.15, 0.2) is 0 Å². The second-order valence-electron chi connectivity index (χ2n) is 11.4. The number of nitrogens with two attached hydrogens (primary N) is 1. The number of hydrogen-bond acceptors (Lipinski definition) is 5. The fourth-order valence-electron chi connectivity index (χ4n) is 4.75. The quantitative estimate of drug-likeness (QED) is 0.386. The van der Waals surface area contributed by atoms with Crippen LogP contribution in [0, 0.1) is 20.8 Å². The summed E-state index contributed by atoms with van der Waals surface area (Å²) in [7, 11) is 0. The number of carbonyl (C=O) groups is 4. The number of rotatable bonds is 9. The number of hydrogen-bond donors (Lipinski definition) is 3. The van der Waals surface area contributed by atoms with Crippen LogP contribution in [0.1, 0.15) is 74.8 Å². The number of alkyl carbamates (subject to hydrolysis) is 1. The van der Waals surface area contributed by atoms with Gasteiger partial charge in [0, 0.05) is 6.04 Å². The molecule has 0 bridgehead atoms. The van der Waals surface area contributed by atoms with Crippen LogP contribution in [0.5, 0.6) is 0 Å². The predicted octanol–water partition coefficient (Wildman–Crippen LogP) is 5.09. The lowest BCUT2D eigenvalue weighted by atomic mass is 9.87. The molecule has 0 radical (unpaired) electrons. The van der Waals surface area contributed by atoms with Gasteiger partial charge >= 0.3 is 6.09 Å². The van der Waals surface area contributed by atoms with E-state index in [9.17, 15) is 19.2 Å². The van der Waals surface area contributed by atoms with Crippen LogP contribution >= 0.6 is 11.6 Å². The largest absolute Gasteiger partial charge is 0.444 e. The lowest BCUT2D eigenvalue weighted by molar-refractivity contribution is -0.146. The average Bonchev–Trinajstić information content (AvgIpc) is 2.78. The van der Waals surface area contributed by atoms with Gasteiger partial charge in [0.2, 0.25) is 11.8 Å². The second-order valence-corrected chi connectivity index (χ2v) is 11.8. The number of aryl methyl sites for hydroxylation is 3. The molecule has 2 aromatic carbocycles. The predicted molar refractivity (Wildman–Crippen MR) is 155 cm³/mol. The van der Waals surface area contributed by atoms with Gasteiger partial charge in [0.25, 0.3) is 5.91 Å². The molecule has 40 heavy (non-hydrogen) atoms. The van der Waals surface area contributed by atoms with E-state index in [0.717, 1.165) is 23.1 Å². The normalized spacial score (nSPS) is 14.9. The lowest BCUT2D eigenvalue weighted by Gasteiger charge is -2.44. The Morgan fingerprint density at radius 3 is 2.27 bits per heavy atom. The van der Waals surface area contributed by atoms with Crippen molar-refractivity contribution in [3.05, 3.63) is 63.7 Å². The molecule has 0 aromatic heterocycles. The summed E-state index contributed by atoms with van der Waals surface area (Å²) in [5.41, 5.74) is 8.32. The Morgan fingerprint density at radius 1 is 1.07 bits per heavy atom. The highest BCUT2D eigenvalue weighted by Crippen LogP contribution is 2.36. The van der Waals surface area contributed by atoms with Gasteiger partial charge < -0.3 is 26.0 Å². The molecular formula is C30H39ClN4O5. The summed E-state index contributed by atoms with van der Waals surface area (Å²) in [6, 6.07) is 8.28. The number of nitrogens with zero attached hydrogens (tertiary/aromatic N) is 1. The molecule has 0 heterocycles. The Labute approximate surface area is 240 Å². The molecule has 10 heteroatoms. The Morgan fingerprint density at radius 2 is 1.75 bits per heavy atom. The molecule has 2 unspecified atom stereocenters. The zero-order chi connectivity index (χ0) is 29.8. The van der Waals surface area contributed by atoms with E-state index < -0.39 is 47.9 Å². The first-order valence-corrected chi connectivity index (χ1v) is 13.8. The number of nitrogens with one attached hydrogen (secondary N) is 2. The van der Waals surface area contributed by atoms with Gasteiger partial charge in [-0.3, -0.25) is 14.4 Å². The lowest BCUT2D eigenvalue weighted by Crippen LogP contribution is -2.57. The Balaban J connectivity index is 2.10. The number of ether oxygens (including phenoxy) is 1. The van der Waals surface area contributed by atoms with Crippen LogP contribution in [0.15, 0.2) is 36.4 Å². The standard InChI is InChI=1S/C30H39ClN4O5/c1-17-13-14-21(19(3)15-17)26(27(37)34-25-18(2)9-7-12-22(25)31)35(20-10-8-11-20)28(38)23(16-24(32)36)33-29(39)40-30(4,5)6/h7,9,12-15,20,23,26H,8,10-11,16H2,1-6H3,(H2,32,36)(H,33,39)(H,34,37). The van der Waals surface area contributed by atoms with Crippen molar-refractivity contribution < 1.29 is 23.9 Å². The summed E-state index contributed by atoms with van der Waals surface area (Å²) in [6.07, 6.45) is 0.897. The summed E-state index contributed by atoms with van der Waals surface area (Å²) in [6.45, 7) is 10.7. The van der Waals surface area contributed by atoms with Crippen molar-refractivity contribution in [2.75, 3.05) is 5.32 Å². The molecule has 4 amide bonds. The van der Waals surface area contributed by atoms with E-state index in [2.05, 4.69) is 10.6 Å². The van der Waals surface area contributed by atoms with Crippen molar-refractivity contribution in [3.8, 4) is 0 Å². The van der Waals surface area contributed by atoms with E-state index in [-0.39, 0.29) is 6.04 Å². The van der Waals surface area contributed by atoms with Gasteiger partial charge in [0.05, 0.1) is 17.1 Å². The van der Waals surface area contributed by atoms with Crippen LogP contribution in [-0.2, 0) is 19.1 Å². The third kappa shape index (κ3) is 7.75. The number of amides is 4. The minimum atomic E-state index is -1.32. The number of anilines is 1. The van der Waals surface area contributed by atoms with Crippen molar-refractivity contribution in [1.82, 2.24) is 10.2 Å². The van der Waals surface area contributed by atoms with Crippen molar-refractivity contribution >= 4 is 41.1 Å². The van der Waals surface area contributed by atoms with E-state index in [4.69, 9.17) is 22.1 Å². The molecule has 9 nitrogen and oxygen atoms in total. The first kappa shape index (κ1) is 30.9. The van der Waals surface area contributed by atoms with Crippen LogP contribution in [0.3, 0.4) is 0 Å². The van der Waals surface area contributed by atoms with Gasteiger partial charge in [-0.25, -0.2) is 4.79 Å². The van der Waals surface area contributed by atoms with Crippen molar-refractivity contribution in [3.63, 3.8) is 0 Å². The van der Waals surface area contributed by atoms with Crippen molar-refractivity contribution in [1.29, 1.82) is 0 Å². The summed E-state index contributed by atoms with van der Waals surface area (Å²) >= 11 is 6.43. The number of para-hydroxylation sites is 1. The van der Waals surface area contributed by atoms with Crippen LogP contribution < -0.4 is 16.4 Å². The van der Waals surface area contributed by atoms with Gasteiger partial charge in [-0.05, 0) is 83.6 Å². The molecule has 1 aliphatic carbocycles. The SMILES string of the molecule is Cc1ccc(C(C(=O)Nc2c(C)cccc2Cl)N(C(=O)C(CC(N)=O)NC(=O)OC(C)(C)C)C2CCC2)c(C)c1. The highest BCUT2D eigenvalue weighted by molar-refractivity contribution is 6.34. The molecule has 3 rings (SSSR count). The monoisotopic (exact) mass is 570 g/mol. The molecule has 1 fully saturated rings. The van der Waals surface area contributed by atoms with E-state index in [0.29, 0.717) is 29.1 Å². The van der Waals surface area contributed by atoms with Gasteiger partial charge in [-0.1, -0.05) is 47.5 Å². The van der Waals surface area contributed by atoms with E-state index in [1.54, 1.807) is 32.9 Å². The maximum Gasteiger partial charge on any atom is 0.408 e. The Hall–Kier alpha value is -3.59. The summed E-state index contributed by atoms with van der Waals surface area (Å²) in [5.74, 6) is -1.83. The Kier molecular flexibility index (Phi) is 9.84. The zero-order valence-corrected chi connectivity index (χ0v) is 24.7. The summed E-state index contributed by atoms with van der Waals surface area (Å²) in [5, 5.41) is 5.83. The minimum Gasteiger partial charge on any atom is -0.444 e. The molecule has 2 atom stereocenters. The summed E-state index contributed by atoms with van der Waals surface area (Å²) in [4.78, 5) is 54.5. The van der Waals surface area contributed by atoms with Gasteiger partial charge in [-0.2, -0.15) is 0 Å². The third-order valence-corrected chi connectivity index (χ3v) is 7.15. The highest BCUT2D eigenvalue weighted by Gasteiger charge is 2.43. The number of halogens is 1. The van der Waals surface area contributed by atoms with E-state index in [1.807, 2.05) is 45.0 Å². The van der Waals surface area contributed by atoms with Crippen LogP contribution in [0.2, 0.25) is 5.02 Å². The number of primary amides is 1. The summed E-state index contributed by atoms with van der Waals surface area (Å²) < 4.78 is 5.34. The maximum absolute atomic E-state index is 14.2. The molecule has 2 aromatic rings. The van der Waals surface area contributed by atoms with Gasteiger partial charge in [0.1, 0.15) is 17.7 Å². The molecule has 1 aliphatic rings. The van der Waals surface area contributed by atoms with Crippen LogP contribution in [0.25, 0.3) is 0 Å². The molecular weight excluding hydrogens is 532 g/mol. The van der Waals surface area contributed by atoms with Crippen LogP contribution in [0.4, 0.5) is 10.5 Å². The molecule has 1 saturated carbocycles. The fourth-order valence-corrected chi connectivity index (χ4v) is 5.01. The molecule has 0 aliphatic heterocycles. The first-order valence-electron chi connectivity index (χ1n) is 13.4. The fraction of sp³-hybridized carbons (Fsp3) is 0.467.